The monoisotopic (exact) mass is 582 g/mol. The maximum Gasteiger partial charge on any atom is 0.240 e. The maximum atomic E-state index is 12.7. The minimum atomic E-state index is -0.427. The second-order valence-corrected chi connectivity index (χ2v) is 15.9. The number of aromatic hydroxyl groups is 1. The van der Waals surface area contributed by atoms with E-state index >= 15 is 0 Å². The molecule has 7 heteroatoms. The van der Waals surface area contributed by atoms with Gasteiger partial charge in [0.05, 0.1) is 24.5 Å². The zero-order chi connectivity index (χ0) is 30.6. The van der Waals surface area contributed by atoms with E-state index < -0.39 is 6.10 Å². The topological polar surface area (TPSA) is 122 Å². The van der Waals surface area contributed by atoms with Crippen LogP contribution in [0.25, 0.3) is 0 Å². The highest BCUT2D eigenvalue weighted by Gasteiger charge is 2.65. The number of hydrazone groups is 1. The van der Waals surface area contributed by atoms with E-state index in [2.05, 4.69) is 52.1 Å². The van der Waals surface area contributed by atoms with Gasteiger partial charge in [-0.05, 0) is 121 Å². The van der Waals surface area contributed by atoms with Crippen molar-refractivity contribution in [1.29, 1.82) is 0 Å². The fourth-order valence-electron chi connectivity index (χ4n) is 10.0. The van der Waals surface area contributed by atoms with Gasteiger partial charge >= 0.3 is 0 Å². The zero-order valence-electron chi connectivity index (χ0n) is 26.5. The molecule has 0 aliphatic heterocycles. The third-order valence-corrected chi connectivity index (χ3v) is 12.6. The average Bonchev–Trinajstić information content (AvgIpc) is 3.27. The summed E-state index contributed by atoms with van der Waals surface area (Å²) in [5.41, 5.74) is 3.93. The van der Waals surface area contributed by atoms with E-state index in [1.54, 1.807) is 6.07 Å². The SMILES string of the molecule is C[C@H](CCC(=O)N/N=C/c1ccc(C(C)(C)C)cc1O)[C@H]1CC[C@H]2[C@@H]3[C@H](O)C[C@@H]4C[C@H](O)CC[C@]4(C)[C@H]3C[C@H](O)[C@]12C. The van der Waals surface area contributed by atoms with Crippen LogP contribution in [0.4, 0.5) is 0 Å². The van der Waals surface area contributed by atoms with Gasteiger partial charge in [0.1, 0.15) is 5.75 Å². The molecule has 4 saturated carbocycles. The standard InChI is InChI=1S/C35H54N2O5/c1-20(7-12-31(42)37-36-19-21-8-9-22(16-28(21)39)33(2,3)4)25-10-11-26-32-27(18-30(41)35(25,26)6)34(5)14-13-24(38)15-23(34)17-29(32)40/h8-9,16,19-20,23-27,29-30,32,38-41H,7,10-15,17-18H2,1-6H3,(H,37,42)/b36-19+/t20-,23+,24-,25-,26+,27+,29-,30+,32+,34+,35-/m1/s1. The van der Waals surface area contributed by atoms with Gasteiger partial charge in [0.15, 0.2) is 0 Å². The highest BCUT2D eigenvalue weighted by atomic mass is 16.3. The summed E-state index contributed by atoms with van der Waals surface area (Å²) in [6.45, 7) is 13.1. The number of phenolic OH excluding ortho intramolecular Hbond substituents is 1. The number of amides is 1. The summed E-state index contributed by atoms with van der Waals surface area (Å²) >= 11 is 0. The van der Waals surface area contributed by atoms with E-state index in [9.17, 15) is 25.2 Å². The van der Waals surface area contributed by atoms with Gasteiger partial charge in [0.25, 0.3) is 0 Å². The van der Waals surface area contributed by atoms with Gasteiger partial charge in [-0.3, -0.25) is 4.79 Å². The van der Waals surface area contributed by atoms with E-state index in [0.29, 0.717) is 30.2 Å². The molecule has 1 amide bonds. The number of nitrogens with zero attached hydrogens (tertiary/aromatic N) is 1. The molecule has 234 valence electrons. The van der Waals surface area contributed by atoms with Gasteiger partial charge in [-0.2, -0.15) is 5.10 Å². The first-order valence-electron chi connectivity index (χ1n) is 16.4. The first kappa shape index (κ1) is 31.5. The predicted molar refractivity (Wildman–Crippen MR) is 165 cm³/mol. The Morgan fingerprint density at radius 3 is 2.52 bits per heavy atom. The van der Waals surface area contributed by atoms with E-state index in [-0.39, 0.29) is 63.8 Å². The third-order valence-electron chi connectivity index (χ3n) is 12.6. The molecule has 0 radical (unpaired) electrons. The number of fused-ring (bicyclic) bond motifs is 5. The number of carbonyl (C=O) groups is 1. The number of aliphatic hydroxyl groups is 3. The number of hydrogen-bond donors (Lipinski definition) is 5. The molecule has 0 heterocycles. The van der Waals surface area contributed by atoms with Crippen molar-refractivity contribution in [2.75, 3.05) is 0 Å². The van der Waals surface area contributed by atoms with Crippen molar-refractivity contribution in [2.45, 2.75) is 123 Å². The van der Waals surface area contributed by atoms with Crippen LogP contribution in [0.2, 0.25) is 0 Å². The third kappa shape index (κ3) is 5.54. The summed E-state index contributed by atoms with van der Waals surface area (Å²) < 4.78 is 0. The van der Waals surface area contributed by atoms with Crippen molar-refractivity contribution in [1.82, 2.24) is 5.43 Å². The number of hydrogen-bond acceptors (Lipinski definition) is 6. The normalized spacial score (nSPS) is 40.7. The van der Waals surface area contributed by atoms with E-state index in [1.165, 1.54) is 6.21 Å². The van der Waals surface area contributed by atoms with Gasteiger partial charge in [-0.15, -0.1) is 0 Å². The quantitative estimate of drug-likeness (QED) is 0.223. The highest BCUT2D eigenvalue weighted by molar-refractivity contribution is 5.85. The molecule has 0 aromatic heterocycles. The van der Waals surface area contributed by atoms with Crippen molar-refractivity contribution in [3.8, 4) is 5.75 Å². The lowest BCUT2D eigenvalue weighted by molar-refractivity contribution is -0.207. The first-order valence-corrected chi connectivity index (χ1v) is 16.4. The Morgan fingerprint density at radius 2 is 1.83 bits per heavy atom. The van der Waals surface area contributed by atoms with Crippen molar-refractivity contribution in [2.24, 2.45) is 51.4 Å². The van der Waals surface area contributed by atoms with Crippen LogP contribution in [0, 0.1) is 46.3 Å². The molecule has 7 nitrogen and oxygen atoms in total. The molecular weight excluding hydrogens is 528 g/mol. The van der Waals surface area contributed by atoms with Crippen LogP contribution in [-0.2, 0) is 10.2 Å². The van der Waals surface area contributed by atoms with Gasteiger partial charge < -0.3 is 20.4 Å². The molecular formula is C35H54N2O5. The van der Waals surface area contributed by atoms with Gasteiger partial charge in [0, 0.05) is 12.0 Å². The van der Waals surface area contributed by atoms with Crippen LogP contribution in [-0.4, -0.2) is 50.9 Å². The van der Waals surface area contributed by atoms with Crippen LogP contribution in [0.5, 0.6) is 5.75 Å². The predicted octanol–water partition coefficient (Wildman–Crippen LogP) is 5.52. The number of aliphatic hydroxyl groups excluding tert-OH is 3. The number of benzene rings is 1. The fraction of sp³-hybridized carbons (Fsp3) is 0.771. The molecule has 0 saturated heterocycles. The van der Waals surface area contributed by atoms with E-state index in [1.807, 2.05) is 12.1 Å². The van der Waals surface area contributed by atoms with Crippen LogP contribution in [0.1, 0.15) is 110 Å². The Bertz CT molecular complexity index is 1180. The molecule has 42 heavy (non-hydrogen) atoms. The second-order valence-electron chi connectivity index (χ2n) is 15.9. The van der Waals surface area contributed by atoms with Gasteiger partial charge in [-0.1, -0.05) is 47.6 Å². The zero-order valence-corrected chi connectivity index (χ0v) is 26.5. The van der Waals surface area contributed by atoms with E-state index in [0.717, 1.165) is 50.5 Å². The van der Waals surface area contributed by atoms with Gasteiger partial charge in [0.2, 0.25) is 5.91 Å². The summed E-state index contributed by atoms with van der Waals surface area (Å²) in [4.78, 5) is 12.7. The molecule has 4 aliphatic carbocycles. The average molecular weight is 583 g/mol. The van der Waals surface area contributed by atoms with Crippen molar-refractivity contribution >= 4 is 12.1 Å². The molecule has 0 spiro atoms. The highest BCUT2D eigenvalue weighted by Crippen LogP contribution is 2.68. The lowest BCUT2D eigenvalue weighted by Gasteiger charge is -2.63. The van der Waals surface area contributed by atoms with Gasteiger partial charge in [-0.25, -0.2) is 5.43 Å². The Balaban J connectivity index is 1.20. The molecule has 0 unspecified atom stereocenters. The van der Waals surface area contributed by atoms with Crippen LogP contribution >= 0.6 is 0 Å². The fourth-order valence-corrected chi connectivity index (χ4v) is 10.0. The number of carbonyl (C=O) groups excluding carboxylic acids is 1. The molecule has 4 aliphatic rings. The van der Waals surface area contributed by atoms with Crippen molar-refractivity contribution in [3.05, 3.63) is 29.3 Å². The molecule has 5 rings (SSSR count). The minimum Gasteiger partial charge on any atom is -0.507 e. The Kier molecular flexibility index (Phi) is 8.63. The van der Waals surface area contributed by atoms with Crippen LogP contribution in [0.3, 0.4) is 0 Å². The molecule has 1 aromatic carbocycles. The van der Waals surface area contributed by atoms with Crippen LogP contribution < -0.4 is 5.43 Å². The molecule has 11 atom stereocenters. The molecule has 5 N–H and O–H groups in total. The largest absolute Gasteiger partial charge is 0.507 e. The molecule has 4 fully saturated rings. The number of rotatable bonds is 6. The summed E-state index contributed by atoms with van der Waals surface area (Å²) in [5.74, 6) is 1.59. The minimum absolute atomic E-state index is 0.0683. The number of phenols is 1. The smallest absolute Gasteiger partial charge is 0.240 e. The Morgan fingerprint density at radius 1 is 1.10 bits per heavy atom. The van der Waals surface area contributed by atoms with E-state index in [4.69, 9.17) is 0 Å². The Hall–Kier alpha value is -1.96. The lowest BCUT2D eigenvalue weighted by Crippen LogP contribution is -2.62. The van der Waals surface area contributed by atoms with Crippen LogP contribution in [0.15, 0.2) is 23.3 Å². The summed E-state index contributed by atoms with van der Waals surface area (Å²) in [6, 6.07) is 5.52. The van der Waals surface area contributed by atoms with Crippen molar-refractivity contribution in [3.63, 3.8) is 0 Å². The summed E-state index contributed by atoms with van der Waals surface area (Å²) in [7, 11) is 0. The Labute approximate surface area is 252 Å². The van der Waals surface area contributed by atoms with Crippen molar-refractivity contribution < 1.29 is 25.2 Å². The molecule has 0 bridgehead atoms. The first-order chi connectivity index (χ1) is 19.7. The molecule has 1 aromatic rings. The summed E-state index contributed by atoms with van der Waals surface area (Å²) in [6.07, 6.45) is 7.53. The lowest BCUT2D eigenvalue weighted by atomic mass is 9.43. The maximum absolute atomic E-state index is 12.7. The number of nitrogens with one attached hydrogen (secondary N) is 1. The summed E-state index contributed by atoms with van der Waals surface area (Å²) in [5, 5.41) is 48.1. The second kappa shape index (κ2) is 11.5.